The molecule has 1 aliphatic rings. The van der Waals surface area contributed by atoms with E-state index in [9.17, 15) is 26.4 Å². The first-order valence-corrected chi connectivity index (χ1v) is 10.2. The average molecular weight is 392 g/mol. The highest BCUT2D eigenvalue weighted by atomic mass is 32.2. The summed E-state index contributed by atoms with van der Waals surface area (Å²) in [5.74, 6) is -0.652. The summed E-state index contributed by atoms with van der Waals surface area (Å²) in [7, 11) is -3.57. The van der Waals surface area contributed by atoms with Crippen molar-refractivity contribution in [2.75, 3.05) is 17.6 Å². The van der Waals surface area contributed by atoms with Gasteiger partial charge in [-0.25, -0.2) is 8.42 Å². The molecule has 0 radical (unpaired) electrons. The molecule has 1 fully saturated rings. The number of hydrogen-bond acceptors (Lipinski definition) is 3. The minimum absolute atomic E-state index is 0.00587. The number of rotatable bonds is 5. The van der Waals surface area contributed by atoms with Crippen LogP contribution in [0.3, 0.4) is 0 Å². The minimum atomic E-state index is -4.52. The van der Waals surface area contributed by atoms with E-state index in [4.69, 9.17) is 0 Å². The molecule has 1 saturated heterocycles. The van der Waals surface area contributed by atoms with Crippen molar-refractivity contribution in [3.05, 3.63) is 29.3 Å². The van der Waals surface area contributed by atoms with Gasteiger partial charge in [0.1, 0.15) is 6.04 Å². The average Bonchev–Trinajstić information content (AvgIpc) is 2.55. The molecule has 5 nitrogen and oxygen atoms in total. The summed E-state index contributed by atoms with van der Waals surface area (Å²) in [5.41, 5.74) is -0.763. The second-order valence-electron chi connectivity index (χ2n) is 6.46. The van der Waals surface area contributed by atoms with Crippen molar-refractivity contribution in [1.82, 2.24) is 4.31 Å². The maximum absolute atomic E-state index is 13.0. The third kappa shape index (κ3) is 4.76. The maximum Gasteiger partial charge on any atom is 0.416 e. The number of hydrogen-bond donors (Lipinski definition) is 1. The van der Waals surface area contributed by atoms with Gasteiger partial charge < -0.3 is 5.32 Å². The van der Waals surface area contributed by atoms with Gasteiger partial charge in [-0.15, -0.1) is 0 Å². The van der Waals surface area contributed by atoms with Gasteiger partial charge in [0.05, 0.1) is 11.3 Å². The molecule has 1 atom stereocenters. The fourth-order valence-electron chi connectivity index (χ4n) is 3.11. The fourth-order valence-corrected chi connectivity index (χ4v) is 4.85. The molecular formula is C17H23F3N2O3S. The second-order valence-corrected chi connectivity index (χ2v) is 8.50. The SMILES string of the molecule is CCCS(=O)(=O)N1CCCCC1C(=O)Nc1ccc(C)c(C(F)(F)F)c1. The van der Waals surface area contributed by atoms with Gasteiger partial charge in [-0.05, 0) is 43.9 Å². The van der Waals surface area contributed by atoms with Crippen LogP contribution in [0, 0.1) is 6.92 Å². The molecule has 1 N–H and O–H groups in total. The Labute approximate surface area is 151 Å². The zero-order chi connectivity index (χ0) is 19.5. The number of alkyl halides is 3. The molecule has 2 rings (SSSR count). The van der Waals surface area contributed by atoms with Crippen LogP contribution in [0.5, 0.6) is 0 Å². The van der Waals surface area contributed by atoms with E-state index in [-0.39, 0.29) is 23.5 Å². The number of halogens is 3. The molecule has 26 heavy (non-hydrogen) atoms. The van der Waals surface area contributed by atoms with Crippen molar-refractivity contribution in [2.45, 2.75) is 51.7 Å². The molecule has 1 aliphatic heterocycles. The lowest BCUT2D eigenvalue weighted by atomic mass is 10.0. The van der Waals surface area contributed by atoms with Crippen LogP contribution in [0.25, 0.3) is 0 Å². The van der Waals surface area contributed by atoms with E-state index in [2.05, 4.69) is 5.32 Å². The second kappa shape index (κ2) is 7.96. The van der Waals surface area contributed by atoms with E-state index in [1.165, 1.54) is 23.4 Å². The van der Waals surface area contributed by atoms with Crippen LogP contribution in [-0.4, -0.2) is 37.0 Å². The first-order valence-electron chi connectivity index (χ1n) is 8.54. The van der Waals surface area contributed by atoms with Crippen molar-refractivity contribution < 1.29 is 26.4 Å². The number of anilines is 1. The summed E-state index contributed by atoms with van der Waals surface area (Å²) < 4.78 is 65.0. The molecule has 1 aromatic carbocycles. The Kier molecular flexibility index (Phi) is 6.33. The summed E-state index contributed by atoms with van der Waals surface area (Å²) in [6, 6.07) is 2.65. The highest BCUT2D eigenvalue weighted by Gasteiger charge is 2.37. The van der Waals surface area contributed by atoms with E-state index in [1.807, 2.05) is 0 Å². The number of sulfonamides is 1. The number of carbonyl (C=O) groups excluding carboxylic acids is 1. The van der Waals surface area contributed by atoms with E-state index >= 15 is 0 Å². The predicted molar refractivity (Wildman–Crippen MR) is 93.2 cm³/mol. The molecule has 0 aliphatic carbocycles. The Balaban J connectivity index is 2.23. The smallest absolute Gasteiger partial charge is 0.325 e. The Bertz CT molecular complexity index is 763. The molecule has 146 valence electrons. The molecule has 0 bridgehead atoms. The minimum Gasteiger partial charge on any atom is -0.325 e. The fraction of sp³-hybridized carbons (Fsp3) is 0.588. The number of nitrogens with zero attached hydrogens (tertiary/aromatic N) is 1. The van der Waals surface area contributed by atoms with Crippen molar-refractivity contribution >= 4 is 21.6 Å². The zero-order valence-electron chi connectivity index (χ0n) is 14.8. The summed E-state index contributed by atoms with van der Waals surface area (Å²) >= 11 is 0. The highest BCUT2D eigenvalue weighted by Crippen LogP contribution is 2.33. The van der Waals surface area contributed by atoms with E-state index in [1.54, 1.807) is 6.92 Å². The first kappa shape index (κ1) is 20.7. The normalized spacial score (nSPS) is 19.3. The lowest BCUT2D eigenvalue weighted by Gasteiger charge is -2.33. The predicted octanol–water partition coefficient (Wildman–Crippen LogP) is 3.55. The molecule has 1 amide bonds. The Hall–Kier alpha value is -1.61. The largest absolute Gasteiger partial charge is 0.416 e. The Morgan fingerprint density at radius 3 is 2.62 bits per heavy atom. The van der Waals surface area contributed by atoms with Crippen molar-refractivity contribution in [3.63, 3.8) is 0 Å². The van der Waals surface area contributed by atoms with Crippen LogP contribution < -0.4 is 5.32 Å². The number of amides is 1. The third-order valence-electron chi connectivity index (χ3n) is 4.39. The number of aryl methyl sites for hydroxylation is 1. The monoisotopic (exact) mass is 392 g/mol. The van der Waals surface area contributed by atoms with Gasteiger partial charge in [-0.1, -0.05) is 19.4 Å². The summed E-state index contributed by atoms with van der Waals surface area (Å²) in [6.45, 7) is 3.33. The number of piperidine rings is 1. The van der Waals surface area contributed by atoms with Crippen molar-refractivity contribution in [2.24, 2.45) is 0 Å². The molecule has 1 heterocycles. The van der Waals surface area contributed by atoms with Crippen LogP contribution in [-0.2, 0) is 21.0 Å². The topological polar surface area (TPSA) is 66.5 Å². The highest BCUT2D eigenvalue weighted by molar-refractivity contribution is 7.89. The Morgan fingerprint density at radius 2 is 2.00 bits per heavy atom. The zero-order valence-corrected chi connectivity index (χ0v) is 15.6. The molecule has 1 unspecified atom stereocenters. The standard InChI is InChI=1S/C17H23F3N2O3S/c1-3-10-26(24,25)22-9-5-4-6-15(22)16(23)21-13-8-7-12(2)14(11-13)17(18,19)20/h7-8,11,15H,3-6,9-10H2,1-2H3,(H,21,23). The summed E-state index contributed by atoms with van der Waals surface area (Å²) in [5, 5.41) is 2.45. The maximum atomic E-state index is 13.0. The summed E-state index contributed by atoms with van der Waals surface area (Å²) in [4.78, 5) is 12.6. The molecule has 1 aromatic rings. The number of benzene rings is 1. The van der Waals surface area contributed by atoms with Gasteiger partial charge in [0.2, 0.25) is 15.9 Å². The van der Waals surface area contributed by atoms with E-state index in [0.29, 0.717) is 25.7 Å². The van der Waals surface area contributed by atoms with Gasteiger partial charge in [-0.3, -0.25) is 4.79 Å². The molecular weight excluding hydrogens is 369 g/mol. The van der Waals surface area contributed by atoms with Gasteiger partial charge in [0.15, 0.2) is 0 Å². The molecule has 9 heteroatoms. The first-order chi connectivity index (χ1) is 12.1. The number of carbonyl (C=O) groups is 1. The molecule has 0 saturated carbocycles. The van der Waals surface area contributed by atoms with E-state index in [0.717, 1.165) is 6.07 Å². The third-order valence-corrected chi connectivity index (χ3v) is 6.46. The summed E-state index contributed by atoms with van der Waals surface area (Å²) in [6.07, 6.45) is -2.38. The van der Waals surface area contributed by atoms with E-state index < -0.39 is 33.7 Å². The van der Waals surface area contributed by atoms with Gasteiger partial charge in [0, 0.05) is 12.2 Å². The van der Waals surface area contributed by atoms with Crippen molar-refractivity contribution in [1.29, 1.82) is 0 Å². The lowest BCUT2D eigenvalue weighted by Crippen LogP contribution is -2.50. The molecule has 0 spiro atoms. The van der Waals surface area contributed by atoms with Crippen molar-refractivity contribution in [3.8, 4) is 0 Å². The van der Waals surface area contributed by atoms with Crippen LogP contribution >= 0.6 is 0 Å². The quantitative estimate of drug-likeness (QED) is 0.833. The van der Waals surface area contributed by atoms with Crippen LogP contribution in [0.15, 0.2) is 18.2 Å². The van der Waals surface area contributed by atoms with Gasteiger partial charge in [-0.2, -0.15) is 17.5 Å². The van der Waals surface area contributed by atoms with Gasteiger partial charge >= 0.3 is 6.18 Å². The lowest BCUT2D eigenvalue weighted by molar-refractivity contribution is -0.138. The Morgan fingerprint density at radius 1 is 1.31 bits per heavy atom. The molecule has 0 aromatic heterocycles. The van der Waals surface area contributed by atoms with Crippen LogP contribution in [0.2, 0.25) is 0 Å². The van der Waals surface area contributed by atoms with Gasteiger partial charge in [0.25, 0.3) is 0 Å². The van der Waals surface area contributed by atoms with Crippen LogP contribution in [0.4, 0.5) is 18.9 Å². The number of nitrogens with one attached hydrogen (secondary N) is 1. The van der Waals surface area contributed by atoms with Crippen LogP contribution in [0.1, 0.15) is 43.7 Å².